The molecule has 2 aliphatic heterocycles. The zero-order valence-electron chi connectivity index (χ0n) is 16.5. The number of rotatable bonds is 4. The van der Waals surface area contributed by atoms with Gasteiger partial charge in [0.25, 0.3) is 0 Å². The first-order valence-corrected chi connectivity index (χ1v) is 9.50. The second-order valence-electron chi connectivity index (χ2n) is 7.72. The summed E-state index contributed by atoms with van der Waals surface area (Å²) in [4.78, 5) is 31.3. The minimum absolute atomic E-state index is 0.0225. The van der Waals surface area contributed by atoms with Gasteiger partial charge in [-0.25, -0.2) is 9.59 Å². The van der Waals surface area contributed by atoms with Crippen LogP contribution in [-0.2, 0) is 23.9 Å². The third-order valence-corrected chi connectivity index (χ3v) is 5.53. The van der Waals surface area contributed by atoms with Crippen molar-refractivity contribution in [2.24, 2.45) is 11.8 Å². The van der Waals surface area contributed by atoms with Gasteiger partial charge in [0.15, 0.2) is 0 Å². The Morgan fingerprint density at radius 3 is 2.54 bits per heavy atom. The molecule has 2 heterocycles. The molecule has 0 amide bonds. The van der Waals surface area contributed by atoms with E-state index in [2.05, 4.69) is 25.2 Å². The maximum Gasteiger partial charge on any atom is 0.328 e. The fourth-order valence-electron chi connectivity index (χ4n) is 3.93. The van der Waals surface area contributed by atoms with Crippen molar-refractivity contribution in [3.05, 3.63) is 23.8 Å². The number of carbonyl (C=O) groups is 3. The Hall–Kier alpha value is -2.19. The van der Waals surface area contributed by atoms with Gasteiger partial charge in [-0.3, -0.25) is 4.79 Å². The highest BCUT2D eigenvalue weighted by Crippen LogP contribution is 2.50. The molecular formula is C20H29NO7. The van der Waals surface area contributed by atoms with Crippen molar-refractivity contribution in [3.63, 3.8) is 0 Å². The van der Waals surface area contributed by atoms with E-state index in [1.54, 1.807) is 0 Å². The predicted molar refractivity (Wildman–Crippen MR) is 101 cm³/mol. The van der Waals surface area contributed by atoms with Crippen molar-refractivity contribution in [1.29, 1.82) is 0 Å². The van der Waals surface area contributed by atoms with E-state index in [1.807, 2.05) is 7.05 Å². The molecule has 5 atom stereocenters. The van der Waals surface area contributed by atoms with Gasteiger partial charge >= 0.3 is 17.9 Å². The van der Waals surface area contributed by atoms with E-state index in [0.29, 0.717) is 18.7 Å². The van der Waals surface area contributed by atoms with Gasteiger partial charge in [0, 0.05) is 24.6 Å². The first kappa shape index (κ1) is 22.1. The van der Waals surface area contributed by atoms with E-state index in [4.69, 9.17) is 19.7 Å². The summed E-state index contributed by atoms with van der Waals surface area (Å²) >= 11 is 0. The first-order valence-electron chi connectivity index (χ1n) is 9.50. The van der Waals surface area contributed by atoms with E-state index < -0.39 is 11.9 Å². The number of epoxide rings is 1. The van der Waals surface area contributed by atoms with Gasteiger partial charge in [0.2, 0.25) is 0 Å². The molecule has 0 aromatic heterocycles. The lowest BCUT2D eigenvalue weighted by Crippen LogP contribution is -2.33. The van der Waals surface area contributed by atoms with E-state index in [-0.39, 0.29) is 35.6 Å². The van der Waals surface area contributed by atoms with Crippen LogP contribution in [-0.4, -0.2) is 59.5 Å². The highest BCUT2D eigenvalue weighted by molar-refractivity contribution is 5.89. The number of fused-ring (bicyclic) bond motifs is 3. The van der Waals surface area contributed by atoms with Crippen LogP contribution >= 0.6 is 0 Å². The van der Waals surface area contributed by atoms with Crippen molar-refractivity contribution in [3.8, 4) is 0 Å². The van der Waals surface area contributed by atoms with E-state index in [0.717, 1.165) is 25.7 Å². The molecule has 0 radical (unpaired) electrons. The van der Waals surface area contributed by atoms with E-state index in [1.165, 1.54) is 5.57 Å². The van der Waals surface area contributed by atoms with Gasteiger partial charge in [0.1, 0.15) is 12.2 Å². The topological polar surface area (TPSA) is 125 Å². The summed E-state index contributed by atoms with van der Waals surface area (Å²) in [5.74, 6) is -2.30. The molecule has 156 valence electrons. The highest BCUT2D eigenvalue weighted by atomic mass is 16.6. The normalized spacial score (nSPS) is 34.2. The SMILES string of the molecule is CNC[C@@H]1C(=O)O[C@H]2[C@H]1CCC(C)=CCC[C@@]1(C)O[C@@H]21.O=C(O)/C=C/C(=O)O. The molecular weight excluding hydrogens is 366 g/mol. The van der Waals surface area contributed by atoms with Crippen molar-refractivity contribution in [1.82, 2.24) is 5.32 Å². The van der Waals surface area contributed by atoms with Gasteiger partial charge in [-0.05, 0) is 46.6 Å². The minimum atomic E-state index is -1.26. The molecule has 0 unspecified atom stereocenters. The Morgan fingerprint density at radius 2 is 1.96 bits per heavy atom. The number of hydrogen-bond donors (Lipinski definition) is 3. The van der Waals surface area contributed by atoms with Gasteiger partial charge in [-0.2, -0.15) is 0 Å². The summed E-state index contributed by atoms with van der Waals surface area (Å²) in [6.45, 7) is 5.04. The number of allylic oxidation sites excluding steroid dienone is 2. The molecule has 8 heteroatoms. The number of carbonyl (C=O) groups excluding carboxylic acids is 1. The van der Waals surface area contributed by atoms with Crippen molar-refractivity contribution in [2.45, 2.75) is 57.3 Å². The molecule has 1 aliphatic carbocycles. The summed E-state index contributed by atoms with van der Waals surface area (Å²) < 4.78 is 11.6. The quantitative estimate of drug-likeness (QED) is 0.284. The smallest absolute Gasteiger partial charge is 0.328 e. The Labute approximate surface area is 164 Å². The van der Waals surface area contributed by atoms with Crippen LogP contribution in [0.15, 0.2) is 23.8 Å². The lowest BCUT2D eigenvalue weighted by atomic mass is 9.80. The largest absolute Gasteiger partial charge is 0.478 e. The predicted octanol–water partition coefficient (Wildman–Crippen LogP) is 1.75. The molecule has 2 fully saturated rings. The number of aliphatic carboxylic acids is 2. The van der Waals surface area contributed by atoms with Crippen LogP contribution in [0.3, 0.4) is 0 Å². The molecule has 0 bridgehead atoms. The van der Waals surface area contributed by atoms with Crippen molar-refractivity contribution >= 4 is 17.9 Å². The maximum atomic E-state index is 12.1. The summed E-state index contributed by atoms with van der Waals surface area (Å²) in [5, 5.41) is 18.8. The number of esters is 1. The number of hydrogen-bond acceptors (Lipinski definition) is 6. The molecule has 28 heavy (non-hydrogen) atoms. The molecule has 0 aromatic carbocycles. The molecule has 3 aliphatic rings. The zero-order chi connectivity index (χ0) is 20.9. The summed E-state index contributed by atoms with van der Waals surface area (Å²) in [6, 6.07) is 0. The zero-order valence-corrected chi connectivity index (χ0v) is 16.5. The number of nitrogens with one attached hydrogen (secondary N) is 1. The molecule has 0 aromatic rings. The van der Waals surface area contributed by atoms with Crippen LogP contribution < -0.4 is 5.32 Å². The average molecular weight is 395 g/mol. The fourth-order valence-corrected chi connectivity index (χ4v) is 3.93. The number of carboxylic acids is 2. The van der Waals surface area contributed by atoms with E-state index >= 15 is 0 Å². The van der Waals surface area contributed by atoms with Gasteiger partial charge in [-0.15, -0.1) is 0 Å². The molecule has 3 rings (SSSR count). The Balaban J connectivity index is 0.000000300. The lowest BCUT2D eigenvalue weighted by molar-refractivity contribution is -0.144. The van der Waals surface area contributed by atoms with Gasteiger partial charge < -0.3 is 25.0 Å². The second kappa shape index (κ2) is 9.34. The standard InChI is InChI=1S/C16H25NO3.C4H4O4/c1-10-5-4-8-16(2)14(20-16)13-11(7-6-10)12(9-17-3)15(18)19-13;5-3(6)1-2-4(7)8/h5,11-14,17H,4,6-9H2,1-3H3;1-2H,(H,5,6)(H,7,8)/b;2-1+/t11-,12-,13-,14-,16+;/m0./s1. The number of ether oxygens (including phenoxy) is 2. The van der Waals surface area contributed by atoms with Crippen LogP contribution in [0.1, 0.15) is 39.5 Å². The molecule has 3 N–H and O–H groups in total. The molecule has 2 saturated heterocycles. The highest BCUT2D eigenvalue weighted by Gasteiger charge is 2.62. The monoisotopic (exact) mass is 395 g/mol. The van der Waals surface area contributed by atoms with Crippen LogP contribution in [0.25, 0.3) is 0 Å². The summed E-state index contributed by atoms with van der Waals surface area (Å²) in [5.41, 5.74) is 1.33. The molecule has 0 saturated carbocycles. The third-order valence-electron chi connectivity index (χ3n) is 5.53. The van der Waals surface area contributed by atoms with Gasteiger partial charge in [0.05, 0.1) is 11.5 Å². The Kier molecular flexibility index (Phi) is 7.37. The van der Waals surface area contributed by atoms with Crippen LogP contribution in [0.2, 0.25) is 0 Å². The third kappa shape index (κ3) is 5.65. The minimum Gasteiger partial charge on any atom is -0.478 e. The lowest BCUT2D eigenvalue weighted by Gasteiger charge is -2.22. The fraction of sp³-hybridized carbons (Fsp3) is 0.650. The average Bonchev–Trinajstić information content (AvgIpc) is 3.19. The van der Waals surface area contributed by atoms with Crippen molar-refractivity contribution < 1.29 is 34.1 Å². The molecule has 0 spiro atoms. The maximum absolute atomic E-state index is 12.1. The summed E-state index contributed by atoms with van der Waals surface area (Å²) in [6.07, 6.45) is 7.65. The van der Waals surface area contributed by atoms with E-state index in [9.17, 15) is 14.4 Å². The van der Waals surface area contributed by atoms with Gasteiger partial charge in [-0.1, -0.05) is 11.6 Å². The van der Waals surface area contributed by atoms with Crippen LogP contribution in [0.5, 0.6) is 0 Å². The summed E-state index contributed by atoms with van der Waals surface area (Å²) in [7, 11) is 1.89. The Bertz CT molecular complexity index is 655. The second-order valence-corrected chi connectivity index (χ2v) is 7.72. The number of carboxylic acid groups (broad SMARTS) is 2. The molecule has 8 nitrogen and oxygen atoms in total. The Morgan fingerprint density at radius 1 is 1.32 bits per heavy atom. The first-order chi connectivity index (χ1) is 13.2. The van der Waals surface area contributed by atoms with Crippen molar-refractivity contribution in [2.75, 3.05) is 13.6 Å². The van der Waals surface area contributed by atoms with Crippen LogP contribution in [0, 0.1) is 11.8 Å². The van der Waals surface area contributed by atoms with Crippen LogP contribution in [0.4, 0.5) is 0 Å².